The second kappa shape index (κ2) is 7.80. The molecule has 0 fully saturated rings. The lowest BCUT2D eigenvalue weighted by Crippen LogP contribution is -2.37. The Morgan fingerprint density at radius 3 is 2.43 bits per heavy atom. The lowest BCUT2D eigenvalue weighted by molar-refractivity contribution is -0.384. The highest BCUT2D eigenvalue weighted by atomic mass is 16.6. The molecule has 1 aromatic carbocycles. The minimum atomic E-state index is -0.741. The predicted octanol–water partition coefficient (Wildman–Crippen LogP) is 0.309. The number of amides is 3. The van der Waals surface area contributed by atoms with Gasteiger partial charge in [-0.25, -0.2) is 4.79 Å². The summed E-state index contributed by atoms with van der Waals surface area (Å²) in [5.74, 6) is -0.400. The number of hydrogen-bond acceptors (Lipinski definition) is 5. The molecule has 0 aliphatic heterocycles. The van der Waals surface area contributed by atoms with Crippen LogP contribution in [0.2, 0.25) is 0 Å². The van der Waals surface area contributed by atoms with Crippen molar-refractivity contribution in [3.05, 3.63) is 34.4 Å². The lowest BCUT2D eigenvalue weighted by Gasteiger charge is -2.12. The number of carbonyl (C=O) groups is 2. The van der Waals surface area contributed by atoms with E-state index >= 15 is 0 Å². The standard InChI is InChI=1S/C12H17N5O4/c13-10(2-1-7-15-12(14)19)11(18)16-8-3-5-9(6-4-8)17(20)21/h3-6,10H,1-2,7,13H2,(H,16,18)(H3,14,15,19)/t10-/m0/s1. The fraction of sp³-hybridized carbons (Fsp3) is 0.333. The van der Waals surface area contributed by atoms with E-state index in [1.54, 1.807) is 0 Å². The van der Waals surface area contributed by atoms with Gasteiger partial charge in [0.2, 0.25) is 5.91 Å². The van der Waals surface area contributed by atoms with Crippen LogP contribution < -0.4 is 22.1 Å². The molecule has 9 heteroatoms. The highest BCUT2D eigenvalue weighted by molar-refractivity contribution is 5.94. The van der Waals surface area contributed by atoms with Crippen molar-refractivity contribution in [2.24, 2.45) is 11.5 Å². The lowest BCUT2D eigenvalue weighted by atomic mass is 10.1. The molecule has 0 aromatic heterocycles. The number of anilines is 1. The van der Waals surface area contributed by atoms with Gasteiger partial charge in [-0.3, -0.25) is 14.9 Å². The van der Waals surface area contributed by atoms with Crippen molar-refractivity contribution in [1.29, 1.82) is 0 Å². The number of nitro benzene ring substituents is 1. The Morgan fingerprint density at radius 2 is 1.90 bits per heavy atom. The van der Waals surface area contributed by atoms with Crippen molar-refractivity contribution in [3.8, 4) is 0 Å². The molecule has 0 heterocycles. The van der Waals surface area contributed by atoms with Crippen molar-refractivity contribution in [1.82, 2.24) is 5.32 Å². The van der Waals surface area contributed by atoms with Gasteiger partial charge in [0.15, 0.2) is 0 Å². The van der Waals surface area contributed by atoms with Gasteiger partial charge in [-0.15, -0.1) is 0 Å². The molecule has 0 aliphatic rings. The molecule has 9 nitrogen and oxygen atoms in total. The molecule has 0 spiro atoms. The molecule has 0 saturated heterocycles. The van der Waals surface area contributed by atoms with Crippen LogP contribution in [0, 0.1) is 10.1 Å². The smallest absolute Gasteiger partial charge is 0.312 e. The molecule has 0 aliphatic carbocycles. The highest BCUT2D eigenvalue weighted by Gasteiger charge is 2.14. The maximum Gasteiger partial charge on any atom is 0.312 e. The highest BCUT2D eigenvalue weighted by Crippen LogP contribution is 2.15. The zero-order chi connectivity index (χ0) is 15.8. The van der Waals surface area contributed by atoms with E-state index in [0.29, 0.717) is 25.1 Å². The number of nitrogens with two attached hydrogens (primary N) is 2. The molecular weight excluding hydrogens is 278 g/mol. The topological polar surface area (TPSA) is 153 Å². The van der Waals surface area contributed by atoms with E-state index in [2.05, 4.69) is 10.6 Å². The summed E-state index contributed by atoms with van der Waals surface area (Å²) < 4.78 is 0. The van der Waals surface area contributed by atoms with Crippen LogP contribution in [0.4, 0.5) is 16.2 Å². The number of benzene rings is 1. The summed E-state index contributed by atoms with van der Waals surface area (Å²) in [6.45, 7) is 0.341. The molecule has 1 rings (SSSR count). The number of nitrogens with zero attached hydrogens (tertiary/aromatic N) is 1. The van der Waals surface area contributed by atoms with Crippen molar-refractivity contribution >= 4 is 23.3 Å². The minimum Gasteiger partial charge on any atom is -0.352 e. The number of non-ortho nitro benzene ring substituents is 1. The summed E-state index contributed by atoms with van der Waals surface area (Å²) in [7, 11) is 0. The van der Waals surface area contributed by atoms with Crippen LogP contribution >= 0.6 is 0 Å². The molecule has 0 saturated carbocycles. The summed E-state index contributed by atoms with van der Waals surface area (Å²) in [5, 5.41) is 15.4. The van der Waals surface area contributed by atoms with Gasteiger partial charge >= 0.3 is 6.03 Å². The summed E-state index contributed by atoms with van der Waals surface area (Å²) in [6.07, 6.45) is 0.886. The number of hydrogen-bond donors (Lipinski definition) is 4. The van der Waals surface area contributed by atoms with Crippen LogP contribution in [0.15, 0.2) is 24.3 Å². The van der Waals surface area contributed by atoms with Crippen LogP contribution in [0.25, 0.3) is 0 Å². The second-order valence-corrected chi connectivity index (χ2v) is 4.33. The molecule has 1 atom stereocenters. The molecule has 3 amide bonds. The van der Waals surface area contributed by atoms with Crippen molar-refractivity contribution in [2.45, 2.75) is 18.9 Å². The van der Waals surface area contributed by atoms with Gasteiger partial charge in [0.25, 0.3) is 5.69 Å². The fourth-order valence-corrected chi connectivity index (χ4v) is 1.57. The minimum absolute atomic E-state index is 0.0603. The molecule has 0 radical (unpaired) electrons. The van der Waals surface area contributed by atoms with Crippen molar-refractivity contribution < 1.29 is 14.5 Å². The zero-order valence-corrected chi connectivity index (χ0v) is 11.2. The third-order valence-electron chi connectivity index (χ3n) is 2.67. The Morgan fingerprint density at radius 1 is 1.29 bits per heavy atom. The van der Waals surface area contributed by atoms with E-state index in [0.717, 1.165) is 0 Å². The van der Waals surface area contributed by atoms with Gasteiger partial charge in [0, 0.05) is 24.4 Å². The average Bonchev–Trinajstić information content (AvgIpc) is 2.43. The van der Waals surface area contributed by atoms with Crippen LogP contribution in [-0.2, 0) is 4.79 Å². The Bertz CT molecular complexity index is 517. The number of rotatable bonds is 7. The van der Waals surface area contributed by atoms with Gasteiger partial charge in [-0.2, -0.15) is 0 Å². The third kappa shape index (κ3) is 5.87. The monoisotopic (exact) mass is 295 g/mol. The van der Waals surface area contributed by atoms with Crippen molar-refractivity contribution in [2.75, 3.05) is 11.9 Å². The summed E-state index contributed by atoms with van der Waals surface area (Å²) in [4.78, 5) is 32.2. The molecular formula is C12H17N5O4. The van der Waals surface area contributed by atoms with E-state index in [9.17, 15) is 19.7 Å². The van der Waals surface area contributed by atoms with Gasteiger partial charge in [0.1, 0.15) is 0 Å². The quantitative estimate of drug-likeness (QED) is 0.324. The van der Waals surface area contributed by atoms with E-state index in [1.165, 1.54) is 24.3 Å². The maximum absolute atomic E-state index is 11.8. The van der Waals surface area contributed by atoms with E-state index < -0.39 is 22.9 Å². The van der Waals surface area contributed by atoms with Crippen LogP contribution in [-0.4, -0.2) is 29.4 Å². The Labute approximate surface area is 120 Å². The van der Waals surface area contributed by atoms with E-state index in [-0.39, 0.29) is 5.69 Å². The second-order valence-electron chi connectivity index (χ2n) is 4.33. The summed E-state index contributed by atoms with van der Waals surface area (Å²) >= 11 is 0. The first-order valence-electron chi connectivity index (χ1n) is 6.24. The first kappa shape index (κ1) is 16.4. The molecule has 114 valence electrons. The van der Waals surface area contributed by atoms with Gasteiger partial charge in [0.05, 0.1) is 11.0 Å². The average molecular weight is 295 g/mol. The number of nitro groups is 1. The molecule has 1 aromatic rings. The van der Waals surface area contributed by atoms with Gasteiger partial charge in [-0.1, -0.05) is 0 Å². The molecule has 21 heavy (non-hydrogen) atoms. The van der Waals surface area contributed by atoms with Crippen LogP contribution in [0.5, 0.6) is 0 Å². The number of carbonyl (C=O) groups excluding carboxylic acids is 2. The predicted molar refractivity (Wildman–Crippen MR) is 76.5 cm³/mol. The first-order valence-corrected chi connectivity index (χ1v) is 6.24. The molecule has 0 bridgehead atoms. The SMILES string of the molecule is NC(=O)NCCC[C@H](N)C(=O)Nc1ccc([N+](=O)[O-])cc1. The first-order chi connectivity index (χ1) is 9.90. The number of urea groups is 1. The number of nitrogens with one attached hydrogen (secondary N) is 2. The maximum atomic E-state index is 11.8. The van der Waals surface area contributed by atoms with Crippen LogP contribution in [0.3, 0.4) is 0 Å². The molecule has 0 unspecified atom stereocenters. The Kier molecular flexibility index (Phi) is 6.08. The van der Waals surface area contributed by atoms with Gasteiger partial charge in [-0.05, 0) is 25.0 Å². The normalized spacial score (nSPS) is 11.5. The van der Waals surface area contributed by atoms with E-state index in [4.69, 9.17) is 11.5 Å². The third-order valence-corrected chi connectivity index (χ3v) is 2.67. The van der Waals surface area contributed by atoms with Crippen LogP contribution in [0.1, 0.15) is 12.8 Å². The Balaban J connectivity index is 2.41. The largest absolute Gasteiger partial charge is 0.352 e. The summed E-state index contributed by atoms with van der Waals surface area (Å²) in [6, 6.07) is 4.07. The fourth-order valence-electron chi connectivity index (χ4n) is 1.57. The molecule has 6 N–H and O–H groups in total. The van der Waals surface area contributed by atoms with Gasteiger partial charge < -0.3 is 22.1 Å². The van der Waals surface area contributed by atoms with Crippen molar-refractivity contribution in [3.63, 3.8) is 0 Å². The Hall–Kier alpha value is -2.68. The number of primary amides is 1. The zero-order valence-electron chi connectivity index (χ0n) is 11.2. The van der Waals surface area contributed by atoms with E-state index in [1.807, 2.05) is 0 Å². The summed E-state index contributed by atoms with van der Waals surface area (Å²) in [5.41, 5.74) is 11.0.